The molecule has 7 heteroatoms. The highest BCUT2D eigenvalue weighted by atomic mass is 35.5. The van der Waals surface area contributed by atoms with E-state index < -0.39 is 18.1 Å². The lowest BCUT2D eigenvalue weighted by Crippen LogP contribution is -3.00. The highest BCUT2D eigenvalue weighted by Gasteiger charge is 2.26. The zero-order valence-electron chi connectivity index (χ0n) is 9.45. The van der Waals surface area contributed by atoms with Crippen LogP contribution in [-0.2, 0) is 4.79 Å². The van der Waals surface area contributed by atoms with Gasteiger partial charge in [-0.3, -0.25) is 0 Å². The number of hydrogen-bond donors (Lipinski definition) is 2. The molecule has 1 heterocycles. The first-order valence-corrected chi connectivity index (χ1v) is 4.99. The molecule has 0 fully saturated rings. The fraction of sp³-hybridized carbons (Fsp3) is 0.182. The monoisotopic (exact) mass is 270 g/mol. The fourth-order valence-corrected chi connectivity index (χ4v) is 1.72. The second kappa shape index (κ2) is 5.05. The molecule has 1 unspecified atom stereocenters. The van der Waals surface area contributed by atoms with Crippen molar-refractivity contribution in [3.8, 4) is 0 Å². The summed E-state index contributed by atoms with van der Waals surface area (Å²) in [7, 11) is 0. The number of halogens is 1. The Labute approximate surface area is 108 Å². The first-order valence-electron chi connectivity index (χ1n) is 4.99. The van der Waals surface area contributed by atoms with Crippen LogP contribution >= 0.6 is 0 Å². The van der Waals surface area contributed by atoms with Gasteiger partial charge in [-0.15, -0.1) is 4.57 Å². The summed E-state index contributed by atoms with van der Waals surface area (Å²) >= 11 is 0. The fourth-order valence-electron chi connectivity index (χ4n) is 1.72. The van der Waals surface area contributed by atoms with Crippen molar-refractivity contribution >= 4 is 23.1 Å². The number of rotatable bonds is 2. The van der Waals surface area contributed by atoms with Crippen LogP contribution in [0.5, 0.6) is 0 Å². The summed E-state index contributed by atoms with van der Waals surface area (Å²) in [5.41, 5.74) is 1.04. The number of carbonyl (C=O) groups is 2. The van der Waals surface area contributed by atoms with E-state index in [0.717, 1.165) is 4.57 Å². The molecule has 18 heavy (non-hydrogen) atoms. The van der Waals surface area contributed by atoms with Gasteiger partial charge in [0.1, 0.15) is 0 Å². The molecule has 0 aliphatic rings. The Morgan fingerprint density at radius 2 is 1.89 bits per heavy atom. The van der Waals surface area contributed by atoms with Gasteiger partial charge in [-0.1, -0.05) is 12.1 Å². The zero-order chi connectivity index (χ0) is 12.6. The SMILES string of the molecule is CC(C(=O)O)[n+]1cn(C(=O)O)c2ccccc21.[Cl-]. The summed E-state index contributed by atoms with van der Waals surface area (Å²) in [4.78, 5) is 22.0. The zero-order valence-corrected chi connectivity index (χ0v) is 10.2. The topological polar surface area (TPSA) is 83.4 Å². The minimum Gasteiger partial charge on any atom is -1.00 e. The molecule has 0 amide bonds. The van der Waals surface area contributed by atoms with Crippen molar-refractivity contribution in [2.45, 2.75) is 13.0 Å². The van der Waals surface area contributed by atoms with Crippen LogP contribution in [0.3, 0.4) is 0 Å². The van der Waals surface area contributed by atoms with Crippen molar-refractivity contribution in [3.63, 3.8) is 0 Å². The van der Waals surface area contributed by atoms with Crippen LogP contribution in [-0.4, -0.2) is 26.8 Å². The van der Waals surface area contributed by atoms with E-state index in [1.807, 2.05) is 0 Å². The molecule has 96 valence electrons. The lowest BCUT2D eigenvalue weighted by molar-refractivity contribution is -0.682. The average molecular weight is 271 g/mol. The summed E-state index contributed by atoms with van der Waals surface area (Å²) in [6.07, 6.45) is 0.142. The lowest BCUT2D eigenvalue weighted by atomic mass is 10.3. The molecule has 0 saturated heterocycles. The standard InChI is InChI=1S/C11H10N2O4.ClH/c1-7(10(14)15)12-6-13(11(16)17)9-5-3-2-4-8(9)12;/h2-7H,1H3,(H-,14,15,16,17);1H. The van der Waals surface area contributed by atoms with Crippen molar-refractivity contribution in [2.75, 3.05) is 0 Å². The first-order chi connectivity index (χ1) is 8.02. The molecule has 2 N–H and O–H groups in total. The number of aliphatic carboxylic acids is 1. The quantitative estimate of drug-likeness (QED) is 0.625. The molecular weight excluding hydrogens is 260 g/mol. The largest absolute Gasteiger partial charge is 1.00 e. The number of imidazole rings is 1. The maximum atomic E-state index is 11.0. The maximum absolute atomic E-state index is 11.0. The Kier molecular flexibility index (Phi) is 3.93. The molecule has 0 radical (unpaired) electrons. The molecule has 0 saturated carbocycles. The predicted octanol–water partition coefficient (Wildman–Crippen LogP) is -1.90. The Morgan fingerprint density at radius 1 is 1.28 bits per heavy atom. The first kappa shape index (κ1) is 14.0. The molecule has 1 aromatic heterocycles. The molecule has 1 aromatic carbocycles. The second-order valence-electron chi connectivity index (χ2n) is 3.68. The van der Waals surface area contributed by atoms with Crippen molar-refractivity contribution in [1.82, 2.24) is 4.57 Å². The minimum atomic E-state index is -1.14. The molecule has 2 aromatic rings. The Bertz CT molecular complexity index is 608. The average Bonchev–Trinajstić information content (AvgIpc) is 2.67. The van der Waals surface area contributed by atoms with E-state index in [9.17, 15) is 9.59 Å². The van der Waals surface area contributed by atoms with Gasteiger partial charge in [0.15, 0.2) is 17.1 Å². The normalized spacial score (nSPS) is 11.8. The summed E-state index contributed by atoms with van der Waals surface area (Å²) in [6, 6.07) is 5.94. The predicted molar refractivity (Wildman–Crippen MR) is 57.9 cm³/mol. The summed E-state index contributed by atoms with van der Waals surface area (Å²) in [5.74, 6) is -1.01. The van der Waals surface area contributed by atoms with E-state index in [4.69, 9.17) is 10.2 Å². The lowest BCUT2D eigenvalue weighted by Gasteiger charge is -2.01. The van der Waals surface area contributed by atoms with Crippen LogP contribution in [0.15, 0.2) is 30.6 Å². The Hall–Kier alpha value is -2.08. The van der Waals surface area contributed by atoms with Crippen molar-refractivity contribution in [2.24, 2.45) is 0 Å². The van der Waals surface area contributed by atoms with Gasteiger partial charge in [-0.25, -0.2) is 9.36 Å². The van der Waals surface area contributed by atoms with Gasteiger partial charge in [-0.2, -0.15) is 4.79 Å². The van der Waals surface area contributed by atoms with Gasteiger partial charge in [0.25, 0.3) is 6.33 Å². The van der Waals surface area contributed by atoms with Crippen LogP contribution in [0.25, 0.3) is 11.0 Å². The smallest absolute Gasteiger partial charge is 0.509 e. The molecule has 1 atom stereocenters. The van der Waals surface area contributed by atoms with Gasteiger partial charge in [0.05, 0.1) is 0 Å². The number of hydrogen-bond acceptors (Lipinski definition) is 2. The van der Waals surface area contributed by atoms with Crippen molar-refractivity contribution in [1.29, 1.82) is 0 Å². The number of para-hydroxylation sites is 2. The van der Waals surface area contributed by atoms with Gasteiger partial charge < -0.3 is 22.6 Å². The maximum Gasteiger partial charge on any atom is 0.509 e. The minimum absolute atomic E-state index is 0. The molecule has 6 nitrogen and oxygen atoms in total. The van der Waals surface area contributed by atoms with Gasteiger partial charge in [0, 0.05) is 0 Å². The number of benzene rings is 1. The van der Waals surface area contributed by atoms with Crippen molar-refractivity contribution < 1.29 is 36.8 Å². The van der Waals surface area contributed by atoms with Crippen molar-refractivity contribution in [3.05, 3.63) is 30.6 Å². The van der Waals surface area contributed by atoms with E-state index in [1.165, 1.54) is 17.8 Å². The number of carboxylic acid groups (broad SMARTS) is 2. The van der Waals surface area contributed by atoms with Gasteiger partial charge >= 0.3 is 12.1 Å². The molecule has 0 bridgehead atoms. The highest BCUT2D eigenvalue weighted by molar-refractivity contribution is 5.83. The van der Waals surface area contributed by atoms with E-state index in [-0.39, 0.29) is 12.4 Å². The molecule has 0 aliphatic carbocycles. The van der Waals surface area contributed by atoms with E-state index in [2.05, 4.69) is 0 Å². The Morgan fingerprint density at radius 3 is 2.44 bits per heavy atom. The van der Waals surface area contributed by atoms with Gasteiger partial charge in [0.2, 0.25) is 0 Å². The number of aromatic nitrogens is 2. The summed E-state index contributed by atoms with van der Waals surface area (Å²) in [5, 5.41) is 18.0. The van der Waals surface area contributed by atoms with Crippen LogP contribution in [0.1, 0.15) is 13.0 Å². The second-order valence-corrected chi connectivity index (χ2v) is 3.68. The van der Waals surface area contributed by atoms with Gasteiger partial charge in [-0.05, 0) is 19.1 Å². The van der Waals surface area contributed by atoms with E-state index in [0.29, 0.717) is 11.0 Å². The van der Waals surface area contributed by atoms with Crippen LogP contribution < -0.4 is 17.0 Å². The summed E-state index contributed by atoms with van der Waals surface area (Å²) in [6.45, 7) is 1.50. The third-order valence-electron chi connectivity index (χ3n) is 2.64. The van der Waals surface area contributed by atoms with E-state index in [1.54, 1.807) is 24.3 Å². The highest BCUT2D eigenvalue weighted by Crippen LogP contribution is 2.12. The van der Waals surface area contributed by atoms with Crippen LogP contribution in [0.4, 0.5) is 4.79 Å². The number of nitrogens with zero attached hydrogens (tertiary/aromatic N) is 2. The molecule has 0 spiro atoms. The third-order valence-corrected chi connectivity index (χ3v) is 2.64. The summed E-state index contributed by atoms with van der Waals surface area (Å²) < 4.78 is 2.43. The molecule has 0 aliphatic heterocycles. The van der Waals surface area contributed by atoms with Crippen LogP contribution in [0, 0.1) is 0 Å². The van der Waals surface area contributed by atoms with Crippen LogP contribution in [0.2, 0.25) is 0 Å². The van der Waals surface area contributed by atoms with E-state index >= 15 is 0 Å². The number of carboxylic acids is 1. The third kappa shape index (κ3) is 2.14. The Balaban J connectivity index is 0.00000162. The molecular formula is C11H11ClN2O4. The molecule has 2 rings (SSSR count). The number of fused-ring (bicyclic) bond motifs is 1.